The molecule has 114 valence electrons. The Kier molecular flexibility index (Phi) is 6.54. The largest absolute Gasteiger partial charge is 0.489 e. The zero-order valence-corrected chi connectivity index (χ0v) is 14.0. The van der Waals surface area contributed by atoms with Crippen LogP contribution < -0.4 is 10.1 Å². The summed E-state index contributed by atoms with van der Waals surface area (Å²) >= 11 is 0. The maximum absolute atomic E-state index is 6.15. The van der Waals surface area contributed by atoms with E-state index in [1.54, 1.807) is 0 Å². The molecule has 0 aliphatic carbocycles. The Bertz CT molecular complexity index is 406. The smallest absolute Gasteiger partial charge is 0.122 e. The first-order valence-corrected chi connectivity index (χ1v) is 7.87. The van der Waals surface area contributed by atoms with Crippen LogP contribution in [0.15, 0.2) is 18.2 Å². The molecule has 2 nitrogen and oxygen atoms in total. The molecule has 2 heteroatoms. The molecule has 0 bridgehead atoms. The molecular weight excluding hydrogens is 246 g/mol. The Hall–Kier alpha value is -1.02. The van der Waals surface area contributed by atoms with Gasteiger partial charge >= 0.3 is 0 Å². The number of ether oxygens (including phenoxy) is 1. The predicted octanol–water partition coefficient (Wildman–Crippen LogP) is 4.45. The van der Waals surface area contributed by atoms with Gasteiger partial charge in [-0.2, -0.15) is 0 Å². The van der Waals surface area contributed by atoms with Gasteiger partial charge in [0.2, 0.25) is 0 Å². The topological polar surface area (TPSA) is 21.3 Å². The fourth-order valence-electron chi connectivity index (χ4n) is 2.14. The van der Waals surface area contributed by atoms with Crippen molar-refractivity contribution < 1.29 is 4.74 Å². The highest BCUT2D eigenvalue weighted by atomic mass is 16.5. The molecule has 0 fully saturated rings. The highest BCUT2D eigenvalue weighted by molar-refractivity contribution is 5.38. The fraction of sp³-hybridized carbons (Fsp3) is 0.667. The van der Waals surface area contributed by atoms with Crippen LogP contribution in [0.3, 0.4) is 0 Å². The van der Waals surface area contributed by atoms with Crippen molar-refractivity contribution in [3.05, 3.63) is 29.3 Å². The first-order chi connectivity index (χ1) is 9.38. The Morgan fingerprint density at radius 3 is 2.40 bits per heavy atom. The number of hydrogen-bond donors (Lipinski definition) is 1. The molecule has 20 heavy (non-hydrogen) atoms. The lowest BCUT2D eigenvalue weighted by atomic mass is 9.86. The zero-order valence-electron chi connectivity index (χ0n) is 14.0. The molecular formula is C18H31NO. The van der Waals surface area contributed by atoms with Crippen LogP contribution in [0.25, 0.3) is 0 Å². The van der Waals surface area contributed by atoms with Gasteiger partial charge < -0.3 is 10.1 Å². The lowest BCUT2D eigenvalue weighted by molar-refractivity contribution is 0.192. The number of rotatable bonds is 7. The Balaban J connectivity index is 2.71. The van der Waals surface area contributed by atoms with Crippen molar-refractivity contribution in [3.63, 3.8) is 0 Å². The minimum atomic E-state index is 0.191. The average molecular weight is 277 g/mol. The van der Waals surface area contributed by atoms with E-state index in [-0.39, 0.29) is 11.5 Å². The average Bonchev–Trinajstić information content (AvgIpc) is 2.38. The molecule has 0 aromatic heterocycles. The quantitative estimate of drug-likeness (QED) is 0.743. The van der Waals surface area contributed by atoms with E-state index < -0.39 is 0 Å². The maximum Gasteiger partial charge on any atom is 0.122 e. The first-order valence-electron chi connectivity index (χ1n) is 7.87. The van der Waals surface area contributed by atoms with Gasteiger partial charge in [-0.25, -0.2) is 0 Å². The van der Waals surface area contributed by atoms with Crippen LogP contribution in [0.4, 0.5) is 0 Å². The summed E-state index contributed by atoms with van der Waals surface area (Å²) in [4.78, 5) is 0. The normalized spacial score (nSPS) is 13.3. The third-order valence-electron chi connectivity index (χ3n) is 3.59. The minimum Gasteiger partial charge on any atom is -0.489 e. The van der Waals surface area contributed by atoms with Gasteiger partial charge in [-0.1, -0.05) is 46.8 Å². The maximum atomic E-state index is 6.15. The monoisotopic (exact) mass is 277 g/mol. The molecule has 1 aromatic rings. The summed E-state index contributed by atoms with van der Waals surface area (Å²) in [5.74, 6) is 1.02. The summed E-state index contributed by atoms with van der Waals surface area (Å²) in [6, 6.07) is 6.56. The standard InChI is InChI=1S/C18H31NO/c1-7-11-19-13-16(8-2)20-17-10-9-15(12-14(17)3)18(4,5)6/h9-10,12,16,19H,7-8,11,13H2,1-6H3. The van der Waals surface area contributed by atoms with E-state index >= 15 is 0 Å². The van der Waals surface area contributed by atoms with E-state index in [1.807, 2.05) is 0 Å². The lowest BCUT2D eigenvalue weighted by Gasteiger charge is -2.23. The summed E-state index contributed by atoms with van der Waals surface area (Å²) in [5.41, 5.74) is 2.78. The van der Waals surface area contributed by atoms with E-state index in [2.05, 4.69) is 65.1 Å². The molecule has 0 saturated carbocycles. The summed E-state index contributed by atoms with van der Waals surface area (Å²) in [5, 5.41) is 3.44. The van der Waals surface area contributed by atoms with Crippen molar-refractivity contribution in [3.8, 4) is 5.75 Å². The number of benzene rings is 1. The molecule has 1 atom stereocenters. The summed E-state index contributed by atoms with van der Waals surface area (Å²) in [7, 11) is 0. The third-order valence-corrected chi connectivity index (χ3v) is 3.59. The molecule has 1 unspecified atom stereocenters. The number of nitrogens with one attached hydrogen (secondary N) is 1. The van der Waals surface area contributed by atoms with Gasteiger partial charge in [-0.15, -0.1) is 0 Å². The van der Waals surface area contributed by atoms with E-state index in [0.717, 1.165) is 31.7 Å². The summed E-state index contributed by atoms with van der Waals surface area (Å²) < 4.78 is 6.15. The zero-order chi connectivity index (χ0) is 15.2. The Labute approximate surface area is 124 Å². The SMILES string of the molecule is CCCNCC(CC)Oc1ccc(C(C)(C)C)cc1C. The van der Waals surface area contributed by atoms with Gasteiger partial charge in [0.25, 0.3) is 0 Å². The van der Waals surface area contributed by atoms with Crippen LogP contribution in [-0.2, 0) is 5.41 Å². The van der Waals surface area contributed by atoms with Crippen LogP contribution in [0.5, 0.6) is 5.75 Å². The first kappa shape index (κ1) is 17.0. The van der Waals surface area contributed by atoms with E-state index in [1.165, 1.54) is 11.1 Å². The van der Waals surface area contributed by atoms with Crippen molar-refractivity contribution in [2.45, 2.75) is 65.9 Å². The highest BCUT2D eigenvalue weighted by Gasteiger charge is 2.16. The van der Waals surface area contributed by atoms with Crippen molar-refractivity contribution in [2.24, 2.45) is 0 Å². The van der Waals surface area contributed by atoms with Gasteiger partial charge in [-0.3, -0.25) is 0 Å². The van der Waals surface area contributed by atoms with Gasteiger partial charge in [0.15, 0.2) is 0 Å². The molecule has 0 aliphatic rings. The van der Waals surface area contributed by atoms with Crippen molar-refractivity contribution in [1.29, 1.82) is 0 Å². The van der Waals surface area contributed by atoms with Crippen molar-refractivity contribution >= 4 is 0 Å². The number of aryl methyl sites for hydroxylation is 1. The molecule has 1 aromatic carbocycles. The van der Waals surface area contributed by atoms with Crippen molar-refractivity contribution in [1.82, 2.24) is 5.32 Å². The van der Waals surface area contributed by atoms with Crippen LogP contribution in [0.1, 0.15) is 58.6 Å². The van der Waals surface area contributed by atoms with Crippen molar-refractivity contribution in [2.75, 3.05) is 13.1 Å². The second-order valence-electron chi connectivity index (χ2n) is 6.58. The summed E-state index contributed by atoms with van der Waals surface area (Å²) in [6.45, 7) is 15.2. The third kappa shape index (κ3) is 5.16. The van der Waals surface area contributed by atoms with Crippen LogP contribution in [0, 0.1) is 6.92 Å². The lowest BCUT2D eigenvalue weighted by Crippen LogP contribution is -2.31. The molecule has 0 spiro atoms. The Morgan fingerprint density at radius 1 is 1.20 bits per heavy atom. The molecule has 0 heterocycles. The molecule has 0 aliphatic heterocycles. The van der Waals surface area contributed by atoms with Crippen LogP contribution >= 0.6 is 0 Å². The van der Waals surface area contributed by atoms with Crippen LogP contribution in [-0.4, -0.2) is 19.2 Å². The molecule has 1 rings (SSSR count). The second kappa shape index (κ2) is 7.68. The molecule has 1 N–H and O–H groups in total. The predicted molar refractivity (Wildman–Crippen MR) is 87.7 cm³/mol. The second-order valence-corrected chi connectivity index (χ2v) is 6.58. The minimum absolute atomic E-state index is 0.191. The van der Waals surface area contributed by atoms with Gasteiger partial charge in [0.05, 0.1) is 0 Å². The van der Waals surface area contributed by atoms with E-state index in [4.69, 9.17) is 4.74 Å². The molecule has 0 amide bonds. The highest BCUT2D eigenvalue weighted by Crippen LogP contribution is 2.28. The fourth-order valence-corrected chi connectivity index (χ4v) is 2.14. The van der Waals surface area contributed by atoms with Gasteiger partial charge in [0.1, 0.15) is 11.9 Å². The van der Waals surface area contributed by atoms with Gasteiger partial charge in [-0.05, 0) is 48.9 Å². The number of hydrogen-bond acceptors (Lipinski definition) is 2. The summed E-state index contributed by atoms with van der Waals surface area (Å²) in [6.07, 6.45) is 2.44. The van der Waals surface area contributed by atoms with E-state index in [9.17, 15) is 0 Å². The molecule has 0 saturated heterocycles. The Morgan fingerprint density at radius 2 is 1.90 bits per heavy atom. The molecule has 0 radical (unpaired) electrons. The van der Waals surface area contributed by atoms with Gasteiger partial charge in [0, 0.05) is 6.54 Å². The van der Waals surface area contributed by atoms with E-state index in [0.29, 0.717) is 0 Å². The van der Waals surface area contributed by atoms with Crippen LogP contribution in [0.2, 0.25) is 0 Å².